The molecular formula is C12H15NO4. The van der Waals surface area contributed by atoms with E-state index < -0.39 is 11.9 Å². The fourth-order valence-electron chi connectivity index (χ4n) is 1.28. The van der Waals surface area contributed by atoms with Crippen LogP contribution in [0.3, 0.4) is 0 Å². The van der Waals surface area contributed by atoms with Gasteiger partial charge < -0.3 is 15.2 Å². The third-order valence-corrected chi connectivity index (χ3v) is 2.06. The van der Waals surface area contributed by atoms with Gasteiger partial charge in [-0.3, -0.25) is 0 Å². The van der Waals surface area contributed by atoms with Gasteiger partial charge in [0.2, 0.25) is 0 Å². The summed E-state index contributed by atoms with van der Waals surface area (Å²) in [6.07, 6.45) is 0. The van der Waals surface area contributed by atoms with E-state index in [4.69, 9.17) is 15.2 Å². The molecule has 5 heteroatoms. The molecule has 0 aromatic heterocycles. The first-order valence-corrected chi connectivity index (χ1v) is 5.33. The van der Waals surface area contributed by atoms with E-state index in [1.54, 1.807) is 13.8 Å². The van der Waals surface area contributed by atoms with E-state index in [9.17, 15) is 9.59 Å². The molecule has 1 aromatic rings. The molecule has 0 saturated carbocycles. The number of hydrogen-bond donors (Lipinski definition) is 1. The number of benzene rings is 1. The average molecular weight is 237 g/mol. The van der Waals surface area contributed by atoms with Gasteiger partial charge in [0.1, 0.15) is 0 Å². The van der Waals surface area contributed by atoms with E-state index in [-0.39, 0.29) is 30.0 Å². The predicted molar refractivity (Wildman–Crippen MR) is 62.8 cm³/mol. The molecule has 0 aliphatic carbocycles. The van der Waals surface area contributed by atoms with Crippen molar-refractivity contribution in [3.05, 3.63) is 29.3 Å². The Hall–Kier alpha value is -2.04. The number of esters is 2. The molecule has 0 unspecified atom stereocenters. The Bertz CT molecular complexity index is 429. The van der Waals surface area contributed by atoms with Gasteiger partial charge in [-0.15, -0.1) is 0 Å². The number of anilines is 1. The Labute approximate surface area is 99.5 Å². The number of ether oxygens (including phenoxy) is 2. The fraction of sp³-hybridized carbons (Fsp3) is 0.333. The normalized spacial score (nSPS) is 9.76. The molecule has 0 atom stereocenters. The Balaban J connectivity index is 3.02. The van der Waals surface area contributed by atoms with Crippen LogP contribution < -0.4 is 5.73 Å². The minimum atomic E-state index is -0.545. The first kappa shape index (κ1) is 13.0. The van der Waals surface area contributed by atoms with Crippen molar-refractivity contribution in [2.75, 3.05) is 18.9 Å². The van der Waals surface area contributed by atoms with Crippen molar-refractivity contribution in [2.45, 2.75) is 13.8 Å². The molecule has 0 bridgehead atoms. The maximum Gasteiger partial charge on any atom is 0.340 e. The third kappa shape index (κ3) is 3.21. The van der Waals surface area contributed by atoms with Crippen molar-refractivity contribution < 1.29 is 19.1 Å². The molecule has 0 amide bonds. The van der Waals surface area contributed by atoms with Crippen LogP contribution in [0.15, 0.2) is 18.2 Å². The lowest BCUT2D eigenvalue weighted by Gasteiger charge is -2.07. The monoisotopic (exact) mass is 237 g/mol. The fourth-order valence-corrected chi connectivity index (χ4v) is 1.28. The van der Waals surface area contributed by atoms with Gasteiger partial charge >= 0.3 is 11.9 Å². The molecule has 17 heavy (non-hydrogen) atoms. The van der Waals surface area contributed by atoms with Gasteiger partial charge in [0.05, 0.1) is 24.3 Å². The highest BCUT2D eigenvalue weighted by Crippen LogP contribution is 2.16. The SMILES string of the molecule is CCOC(=O)c1ccc(N)c(C(=O)OCC)c1. The number of carbonyl (C=O) groups excluding carboxylic acids is 2. The maximum atomic E-state index is 11.5. The minimum absolute atomic E-state index is 0.178. The summed E-state index contributed by atoms with van der Waals surface area (Å²) in [6, 6.07) is 4.37. The van der Waals surface area contributed by atoms with Crippen molar-refractivity contribution >= 4 is 17.6 Å². The highest BCUT2D eigenvalue weighted by Gasteiger charge is 2.15. The lowest BCUT2D eigenvalue weighted by molar-refractivity contribution is 0.0526. The zero-order valence-corrected chi connectivity index (χ0v) is 9.86. The molecule has 0 radical (unpaired) electrons. The van der Waals surface area contributed by atoms with Crippen molar-refractivity contribution in [3.8, 4) is 0 Å². The van der Waals surface area contributed by atoms with Crippen molar-refractivity contribution in [2.24, 2.45) is 0 Å². The molecule has 0 heterocycles. The Morgan fingerprint density at radius 3 is 2.29 bits per heavy atom. The van der Waals surface area contributed by atoms with Gasteiger partial charge in [0, 0.05) is 5.69 Å². The Morgan fingerprint density at radius 2 is 1.71 bits per heavy atom. The highest BCUT2D eigenvalue weighted by molar-refractivity contribution is 5.99. The Morgan fingerprint density at radius 1 is 1.12 bits per heavy atom. The summed E-state index contributed by atoms with van der Waals surface area (Å²) in [7, 11) is 0. The lowest BCUT2D eigenvalue weighted by Crippen LogP contribution is -2.11. The van der Waals surface area contributed by atoms with E-state index >= 15 is 0 Å². The second kappa shape index (κ2) is 5.89. The number of nitrogen functional groups attached to an aromatic ring is 1. The topological polar surface area (TPSA) is 78.6 Å². The van der Waals surface area contributed by atoms with Gasteiger partial charge in [-0.2, -0.15) is 0 Å². The Kier molecular flexibility index (Phi) is 4.51. The average Bonchev–Trinajstić information content (AvgIpc) is 2.30. The molecular weight excluding hydrogens is 222 g/mol. The van der Waals surface area contributed by atoms with Crippen LogP contribution in [0.25, 0.3) is 0 Å². The van der Waals surface area contributed by atoms with Crippen LogP contribution in [0.4, 0.5) is 5.69 Å². The van der Waals surface area contributed by atoms with Gasteiger partial charge in [-0.05, 0) is 32.0 Å². The van der Waals surface area contributed by atoms with Crippen LogP contribution in [-0.2, 0) is 9.47 Å². The zero-order chi connectivity index (χ0) is 12.8. The standard InChI is InChI=1S/C12H15NO4/c1-3-16-11(14)8-5-6-10(13)9(7-8)12(15)17-4-2/h5-7H,3-4,13H2,1-2H3. The molecule has 0 aliphatic heterocycles. The van der Waals surface area contributed by atoms with Crippen LogP contribution in [0.1, 0.15) is 34.6 Å². The van der Waals surface area contributed by atoms with Crippen molar-refractivity contribution in [3.63, 3.8) is 0 Å². The summed E-state index contributed by atoms with van der Waals surface area (Å²) >= 11 is 0. The van der Waals surface area contributed by atoms with Crippen LogP contribution >= 0.6 is 0 Å². The lowest BCUT2D eigenvalue weighted by atomic mass is 10.1. The summed E-state index contributed by atoms with van der Waals surface area (Å²) in [5, 5.41) is 0. The second-order valence-corrected chi connectivity index (χ2v) is 3.24. The minimum Gasteiger partial charge on any atom is -0.462 e. The first-order valence-electron chi connectivity index (χ1n) is 5.33. The quantitative estimate of drug-likeness (QED) is 0.636. The van der Waals surface area contributed by atoms with E-state index in [1.165, 1.54) is 18.2 Å². The van der Waals surface area contributed by atoms with E-state index in [0.717, 1.165) is 0 Å². The van der Waals surface area contributed by atoms with Crippen LogP contribution in [0, 0.1) is 0 Å². The van der Waals surface area contributed by atoms with Crippen LogP contribution in [0.5, 0.6) is 0 Å². The summed E-state index contributed by atoms with van der Waals surface area (Å²) < 4.78 is 9.66. The number of carbonyl (C=O) groups is 2. The van der Waals surface area contributed by atoms with E-state index in [0.29, 0.717) is 0 Å². The number of rotatable bonds is 4. The van der Waals surface area contributed by atoms with Crippen molar-refractivity contribution in [1.29, 1.82) is 0 Å². The van der Waals surface area contributed by atoms with Crippen LogP contribution in [-0.4, -0.2) is 25.2 Å². The highest BCUT2D eigenvalue weighted by atomic mass is 16.5. The maximum absolute atomic E-state index is 11.5. The summed E-state index contributed by atoms with van der Waals surface area (Å²) in [6.45, 7) is 3.94. The molecule has 0 saturated heterocycles. The molecule has 1 rings (SSSR count). The largest absolute Gasteiger partial charge is 0.462 e. The van der Waals surface area contributed by atoms with Gasteiger partial charge in [0.15, 0.2) is 0 Å². The van der Waals surface area contributed by atoms with E-state index in [2.05, 4.69) is 0 Å². The van der Waals surface area contributed by atoms with Gasteiger partial charge in [-0.25, -0.2) is 9.59 Å². The van der Waals surface area contributed by atoms with E-state index in [1.807, 2.05) is 0 Å². The molecule has 5 nitrogen and oxygen atoms in total. The second-order valence-electron chi connectivity index (χ2n) is 3.24. The molecule has 1 aromatic carbocycles. The van der Waals surface area contributed by atoms with Crippen LogP contribution in [0.2, 0.25) is 0 Å². The number of hydrogen-bond acceptors (Lipinski definition) is 5. The molecule has 2 N–H and O–H groups in total. The molecule has 0 fully saturated rings. The molecule has 0 aliphatic rings. The smallest absolute Gasteiger partial charge is 0.340 e. The zero-order valence-electron chi connectivity index (χ0n) is 9.86. The van der Waals surface area contributed by atoms with Gasteiger partial charge in [-0.1, -0.05) is 0 Å². The predicted octanol–water partition coefficient (Wildman–Crippen LogP) is 1.62. The molecule has 0 spiro atoms. The molecule has 92 valence electrons. The van der Waals surface area contributed by atoms with Gasteiger partial charge in [0.25, 0.3) is 0 Å². The number of nitrogens with two attached hydrogens (primary N) is 1. The third-order valence-electron chi connectivity index (χ3n) is 2.06. The summed E-state index contributed by atoms with van der Waals surface area (Å²) in [5.74, 6) is -1.03. The summed E-state index contributed by atoms with van der Waals surface area (Å²) in [5.41, 5.74) is 6.38. The first-order chi connectivity index (χ1) is 8.10. The summed E-state index contributed by atoms with van der Waals surface area (Å²) in [4.78, 5) is 23.0. The van der Waals surface area contributed by atoms with Crippen molar-refractivity contribution in [1.82, 2.24) is 0 Å².